The van der Waals surface area contributed by atoms with Gasteiger partial charge in [0.2, 0.25) is 0 Å². The average molecular weight is 240 g/mol. The van der Waals surface area contributed by atoms with E-state index >= 15 is 0 Å². The van der Waals surface area contributed by atoms with Crippen LogP contribution in [0.4, 0.5) is 0 Å². The molecule has 0 atom stereocenters. The van der Waals surface area contributed by atoms with Crippen molar-refractivity contribution in [2.75, 3.05) is 0 Å². The van der Waals surface area contributed by atoms with Gasteiger partial charge in [0.1, 0.15) is 5.75 Å². The summed E-state index contributed by atoms with van der Waals surface area (Å²) in [5, 5.41) is 17.3. The van der Waals surface area contributed by atoms with Gasteiger partial charge in [-0.2, -0.15) is 0 Å². The van der Waals surface area contributed by atoms with Gasteiger partial charge in [-0.3, -0.25) is 0 Å². The van der Waals surface area contributed by atoms with Gasteiger partial charge in [-0.05, 0) is 23.3 Å². The predicted molar refractivity (Wildman–Crippen MR) is 72.6 cm³/mol. The predicted octanol–water partition coefficient (Wildman–Crippen LogP) is 2.21. The first kappa shape index (κ1) is 12.4. The third kappa shape index (κ3) is 3.77. The molecule has 0 aliphatic heterocycles. The topological polar surface area (TPSA) is 49.7 Å². The summed E-state index contributed by atoms with van der Waals surface area (Å²) in [7, 11) is -1.78. The van der Waals surface area contributed by atoms with E-state index in [4.69, 9.17) is 14.7 Å². The van der Waals surface area contributed by atoms with Crippen LogP contribution in [0.1, 0.15) is 11.1 Å². The van der Waals surface area contributed by atoms with Crippen LogP contribution in [0.5, 0.6) is 5.75 Å². The molecule has 0 aromatic heterocycles. The van der Waals surface area contributed by atoms with Gasteiger partial charge in [0.05, 0.1) is 0 Å². The van der Waals surface area contributed by atoms with Crippen LogP contribution >= 0.6 is 0 Å². The Balaban J connectivity index is 2.04. The molecular formula is C14H13BO3. The molecule has 2 aromatic carbocycles. The molecule has 0 unspecified atom stereocenters. The first-order chi connectivity index (χ1) is 8.74. The van der Waals surface area contributed by atoms with Crippen molar-refractivity contribution in [1.82, 2.24) is 0 Å². The Morgan fingerprint density at radius 3 is 1.89 bits per heavy atom. The molecule has 4 heteroatoms. The van der Waals surface area contributed by atoms with Gasteiger partial charge in [0.15, 0.2) is 0 Å². The van der Waals surface area contributed by atoms with Crippen molar-refractivity contribution in [3.05, 3.63) is 65.7 Å². The highest BCUT2D eigenvalue weighted by molar-refractivity contribution is 6.33. The number of benzene rings is 2. The second kappa shape index (κ2) is 6.05. The molecule has 18 heavy (non-hydrogen) atoms. The molecule has 0 spiro atoms. The zero-order valence-corrected chi connectivity index (χ0v) is 9.73. The van der Waals surface area contributed by atoms with E-state index in [1.54, 1.807) is 12.1 Å². The van der Waals surface area contributed by atoms with E-state index in [9.17, 15) is 0 Å². The number of hydrogen-bond acceptors (Lipinski definition) is 3. The van der Waals surface area contributed by atoms with E-state index in [-0.39, 0.29) is 0 Å². The molecule has 0 saturated carbocycles. The molecule has 3 nitrogen and oxygen atoms in total. The fraction of sp³-hybridized carbons (Fsp3) is 0. The lowest BCUT2D eigenvalue weighted by molar-refractivity contribution is 0.288. The summed E-state index contributed by atoms with van der Waals surface area (Å²) in [5.74, 6) is 0.418. The zero-order valence-electron chi connectivity index (χ0n) is 9.73. The summed E-state index contributed by atoms with van der Waals surface area (Å²) < 4.78 is 4.72. The lowest BCUT2D eigenvalue weighted by atomic mass is 10.1. The normalized spacial score (nSPS) is 10.6. The highest BCUT2D eigenvalue weighted by atomic mass is 16.6. The Morgan fingerprint density at radius 1 is 0.778 bits per heavy atom. The second-order valence-electron chi connectivity index (χ2n) is 3.76. The van der Waals surface area contributed by atoms with Gasteiger partial charge in [-0.25, -0.2) is 0 Å². The maximum absolute atomic E-state index is 8.65. The fourth-order valence-corrected chi connectivity index (χ4v) is 1.54. The minimum atomic E-state index is -1.78. The maximum atomic E-state index is 8.65. The van der Waals surface area contributed by atoms with Crippen LogP contribution in [0.2, 0.25) is 0 Å². The summed E-state index contributed by atoms with van der Waals surface area (Å²) in [6, 6.07) is 17.1. The van der Waals surface area contributed by atoms with Gasteiger partial charge in [-0.15, -0.1) is 0 Å². The Labute approximate surface area is 106 Å². The highest BCUT2D eigenvalue weighted by Crippen LogP contribution is 2.14. The standard InChI is InChI=1S/C14H13BO3/c16-15(17)18-14-10-8-13(9-11-14)7-6-12-4-2-1-3-5-12/h1-11,16-17H. The van der Waals surface area contributed by atoms with Crippen LogP contribution < -0.4 is 4.65 Å². The Morgan fingerprint density at radius 2 is 1.33 bits per heavy atom. The molecule has 0 bridgehead atoms. The number of rotatable bonds is 4. The Kier molecular flexibility index (Phi) is 4.17. The molecule has 90 valence electrons. The summed E-state index contributed by atoms with van der Waals surface area (Å²) in [4.78, 5) is 0. The SMILES string of the molecule is OB(O)Oc1ccc(C=Cc2ccccc2)cc1. The van der Waals surface area contributed by atoms with Crippen LogP contribution in [-0.4, -0.2) is 17.4 Å². The molecule has 0 saturated heterocycles. The lowest BCUT2D eigenvalue weighted by Gasteiger charge is -2.04. The molecule has 2 aromatic rings. The van der Waals surface area contributed by atoms with E-state index in [0.29, 0.717) is 5.75 Å². The molecule has 0 fully saturated rings. The number of hydrogen-bond donors (Lipinski definition) is 2. The minimum absolute atomic E-state index is 0.418. The minimum Gasteiger partial charge on any atom is -0.512 e. The van der Waals surface area contributed by atoms with Crippen LogP contribution in [0, 0.1) is 0 Å². The maximum Gasteiger partial charge on any atom is 0.707 e. The molecule has 0 aliphatic rings. The van der Waals surface area contributed by atoms with E-state index < -0.39 is 7.32 Å². The quantitative estimate of drug-likeness (QED) is 0.636. The largest absolute Gasteiger partial charge is 0.707 e. The fourth-order valence-electron chi connectivity index (χ4n) is 1.54. The summed E-state index contributed by atoms with van der Waals surface area (Å²) in [6.07, 6.45) is 3.99. The third-order valence-corrected chi connectivity index (χ3v) is 2.39. The molecule has 2 rings (SSSR count). The smallest absolute Gasteiger partial charge is 0.512 e. The van der Waals surface area contributed by atoms with Gasteiger partial charge in [0, 0.05) is 0 Å². The molecule has 0 amide bonds. The summed E-state index contributed by atoms with van der Waals surface area (Å²) >= 11 is 0. The van der Waals surface area contributed by atoms with E-state index in [2.05, 4.69) is 0 Å². The van der Waals surface area contributed by atoms with Crippen molar-refractivity contribution >= 4 is 19.5 Å². The lowest BCUT2D eigenvalue weighted by Crippen LogP contribution is -2.20. The second-order valence-corrected chi connectivity index (χ2v) is 3.76. The van der Waals surface area contributed by atoms with Crippen molar-refractivity contribution in [3.63, 3.8) is 0 Å². The zero-order chi connectivity index (χ0) is 12.8. The van der Waals surface area contributed by atoms with Gasteiger partial charge < -0.3 is 14.7 Å². The van der Waals surface area contributed by atoms with E-state index in [0.717, 1.165) is 11.1 Å². The molecule has 0 radical (unpaired) electrons. The Bertz CT molecular complexity index is 506. The third-order valence-electron chi connectivity index (χ3n) is 2.39. The molecule has 2 N–H and O–H groups in total. The molecule has 0 aliphatic carbocycles. The van der Waals surface area contributed by atoms with Crippen molar-refractivity contribution < 1.29 is 14.7 Å². The monoisotopic (exact) mass is 240 g/mol. The van der Waals surface area contributed by atoms with Gasteiger partial charge in [-0.1, -0.05) is 54.6 Å². The van der Waals surface area contributed by atoms with Crippen LogP contribution in [0.25, 0.3) is 12.2 Å². The van der Waals surface area contributed by atoms with E-state index in [1.165, 1.54) is 0 Å². The van der Waals surface area contributed by atoms with Crippen molar-refractivity contribution in [2.45, 2.75) is 0 Å². The van der Waals surface area contributed by atoms with Gasteiger partial charge >= 0.3 is 7.32 Å². The van der Waals surface area contributed by atoms with Crippen molar-refractivity contribution in [1.29, 1.82) is 0 Å². The summed E-state index contributed by atoms with van der Waals surface area (Å²) in [6.45, 7) is 0. The average Bonchev–Trinajstić information content (AvgIpc) is 2.38. The van der Waals surface area contributed by atoms with E-state index in [1.807, 2.05) is 54.6 Å². The Hall–Kier alpha value is -2.04. The first-order valence-electron chi connectivity index (χ1n) is 5.60. The highest BCUT2D eigenvalue weighted by Gasteiger charge is 2.10. The van der Waals surface area contributed by atoms with Crippen LogP contribution in [-0.2, 0) is 0 Å². The van der Waals surface area contributed by atoms with Crippen LogP contribution in [0.3, 0.4) is 0 Å². The summed E-state index contributed by atoms with van der Waals surface area (Å²) in [5.41, 5.74) is 2.14. The van der Waals surface area contributed by atoms with Crippen molar-refractivity contribution in [3.8, 4) is 5.75 Å². The molecular weight excluding hydrogens is 227 g/mol. The van der Waals surface area contributed by atoms with Crippen LogP contribution in [0.15, 0.2) is 54.6 Å². The van der Waals surface area contributed by atoms with Gasteiger partial charge in [0.25, 0.3) is 0 Å². The molecule has 0 heterocycles. The van der Waals surface area contributed by atoms with Crippen molar-refractivity contribution in [2.24, 2.45) is 0 Å². The first-order valence-corrected chi connectivity index (χ1v) is 5.60.